The van der Waals surface area contributed by atoms with Gasteiger partial charge in [-0.3, -0.25) is 15.6 Å². The molecule has 0 unspecified atom stereocenters. The van der Waals surface area contributed by atoms with E-state index in [1.807, 2.05) is 18.7 Å². The molecule has 2 aliphatic heterocycles. The van der Waals surface area contributed by atoms with E-state index in [1.165, 1.54) is 50.5 Å². The molecule has 6 heteroatoms. The molecular formula is C34H39N5S+2. The maximum absolute atomic E-state index is 6.15. The SMILES string of the molecule is CCC[N+](CCCNc1cc(C=C2Sc3cccc4c3N2CCC4)c2ccccc2[n+]1-c1ccccc1)=C(C)N. The quantitative estimate of drug-likeness (QED) is 0.107. The van der Waals surface area contributed by atoms with Crippen LogP contribution in [0.15, 0.2) is 88.8 Å². The summed E-state index contributed by atoms with van der Waals surface area (Å²) in [7, 11) is 0. The molecule has 0 spiro atoms. The van der Waals surface area contributed by atoms with E-state index in [2.05, 4.69) is 111 Å². The minimum Gasteiger partial charge on any atom is -0.335 e. The van der Waals surface area contributed by atoms with Crippen LogP contribution in [-0.2, 0) is 6.42 Å². The first kappa shape index (κ1) is 26.5. The van der Waals surface area contributed by atoms with Crippen LogP contribution in [-0.4, -0.2) is 36.6 Å². The van der Waals surface area contributed by atoms with Gasteiger partial charge in [0.2, 0.25) is 5.84 Å². The molecule has 3 N–H and O–H groups in total. The lowest BCUT2D eigenvalue weighted by atomic mass is 10.0. The van der Waals surface area contributed by atoms with Crippen LogP contribution in [0.5, 0.6) is 0 Å². The summed E-state index contributed by atoms with van der Waals surface area (Å²) in [5.41, 5.74) is 12.6. The van der Waals surface area contributed by atoms with Crippen molar-refractivity contribution >= 4 is 46.1 Å². The highest BCUT2D eigenvalue weighted by atomic mass is 32.2. The molecule has 40 heavy (non-hydrogen) atoms. The summed E-state index contributed by atoms with van der Waals surface area (Å²) in [4.78, 5) is 3.91. The first-order valence-electron chi connectivity index (χ1n) is 14.5. The minimum atomic E-state index is 0.865. The molecular weight excluding hydrogens is 510 g/mol. The Hall–Kier alpha value is -3.77. The van der Waals surface area contributed by atoms with Crippen LogP contribution in [0.2, 0.25) is 0 Å². The number of anilines is 2. The molecule has 2 aliphatic rings. The molecule has 0 bridgehead atoms. The summed E-state index contributed by atoms with van der Waals surface area (Å²) in [5, 5.41) is 6.37. The van der Waals surface area contributed by atoms with Gasteiger partial charge in [0.1, 0.15) is 11.2 Å². The molecule has 3 aromatic carbocycles. The van der Waals surface area contributed by atoms with E-state index in [0.717, 1.165) is 56.4 Å². The topological polar surface area (TPSA) is 48.2 Å². The third-order valence-electron chi connectivity index (χ3n) is 7.85. The lowest BCUT2D eigenvalue weighted by molar-refractivity contribution is -0.551. The molecule has 4 aromatic rings. The molecule has 0 radical (unpaired) electrons. The Balaban J connectivity index is 1.40. The molecule has 0 saturated heterocycles. The van der Waals surface area contributed by atoms with Crippen molar-refractivity contribution in [3.05, 3.63) is 95.0 Å². The normalized spacial score (nSPS) is 15.8. The zero-order valence-electron chi connectivity index (χ0n) is 23.6. The van der Waals surface area contributed by atoms with Gasteiger partial charge < -0.3 is 4.90 Å². The Morgan fingerprint density at radius 3 is 2.70 bits per heavy atom. The molecule has 0 amide bonds. The highest BCUT2D eigenvalue weighted by molar-refractivity contribution is 8.03. The van der Waals surface area contributed by atoms with Gasteiger partial charge in [0.25, 0.3) is 5.82 Å². The summed E-state index contributed by atoms with van der Waals surface area (Å²) in [6, 6.07) is 28.6. The molecule has 0 saturated carbocycles. The number of nitrogens with two attached hydrogens (primary N) is 1. The fraction of sp³-hybridized carbons (Fsp3) is 0.294. The zero-order valence-corrected chi connectivity index (χ0v) is 24.4. The van der Waals surface area contributed by atoms with Crippen LogP contribution in [0.1, 0.15) is 44.2 Å². The van der Waals surface area contributed by atoms with E-state index >= 15 is 0 Å². The number of hydrogen-bond donors (Lipinski definition) is 2. The van der Waals surface area contributed by atoms with Crippen LogP contribution in [0, 0.1) is 0 Å². The highest BCUT2D eigenvalue weighted by Crippen LogP contribution is 2.50. The summed E-state index contributed by atoms with van der Waals surface area (Å²) >= 11 is 1.90. The summed E-state index contributed by atoms with van der Waals surface area (Å²) in [6.07, 6.45) is 6.87. The average Bonchev–Trinajstić information content (AvgIpc) is 3.34. The van der Waals surface area contributed by atoms with Crippen LogP contribution in [0.3, 0.4) is 0 Å². The third-order valence-corrected chi connectivity index (χ3v) is 8.94. The number of benzene rings is 3. The molecule has 204 valence electrons. The second kappa shape index (κ2) is 11.8. The number of thioether (sulfide) groups is 1. The predicted molar refractivity (Wildman–Crippen MR) is 170 cm³/mol. The Bertz CT molecular complexity index is 1590. The predicted octanol–water partition coefficient (Wildman–Crippen LogP) is 6.58. The lowest BCUT2D eigenvalue weighted by Gasteiger charge is -2.27. The Morgan fingerprint density at radius 2 is 1.88 bits per heavy atom. The van der Waals surface area contributed by atoms with Gasteiger partial charge in [-0.05, 0) is 60.7 Å². The zero-order chi connectivity index (χ0) is 27.5. The van der Waals surface area contributed by atoms with E-state index < -0.39 is 0 Å². The molecule has 1 aromatic heterocycles. The monoisotopic (exact) mass is 549 g/mol. The van der Waals surface area contributed by atoms with E-state index in [-0.39, 0.29) is 0 Å². The fourth-order valence-corrected chi connectivity index (χ4v) is 7.17. The fourth-order valence-electron chi connectivity index (χ4n) is 5.98. The van der Waals surface area contributed by atoms with Crippen molar-refractivity contribution in [1.82, 2.24) is 0 Å². The van der Waals surface area contributed by atoms with Gasteiger partial charge in [-0.15, -0.1) is 0 Å². The van der Waals surface area contributed by atoms with Crippen molar-refractivity contribution in [1.29, 1.82) is 0 Å². The van der Waals surface area contributed by atoms with E-state index in [9.17, 15) is 0 Å². The largest absolute Gasteiger partial charge is 0.335 e. The van der Waals surface area contributed by atoms with Crippen molar-refractivity contribution in [3.63, 3.8) is 0 Å². The Morgan fingerprint density at radius 1 is 1.05 bits per heavy atom. The summed E-state index contributed by atoms with van der Waals surface area (Å²) < 4.78 is 4.64. The number of nitrogens with zero attached hydrogens (tertiary/aromatic N) is 3. The van der Waals surface area contributed by atoms with E-state index in [0.29, 0.717) is 0 Å². The Labute approximate surface area is 242 Å². The Kier molecular flexibility index (Phi) is 7.78. The summed E-state index contributed by atoms with van der Waals surface area (Å²) in [6.45, 7) is 8.09. The third kappa shape index (κ3) is 5.20. The second-order valence-corrected chi connectivity index (χ2v) is 11.7. The molecule has 3 heterocycles. The standard InChI is InChI=1S/C34H37N5S/c1-3-20-37(25(2)35)21-11-19-36-32-23-27(24-33-38-22-10-13-26-12-9-18-31(40-33)34(26)38)29-16-7-8-17-30(29)39(32)28-14-5-4-6-15-28/h4-9,12,14-18,23-24,35H,3,10-11,13,19-22H2,1-2H3/p+2. The highest BCUT2D eigenvalue weighted by Gasteiger charge is 2.30. The van der Waals surface area contributed by atoms with Crippen LogP contribution < -0.4 is 20.5 Å². The van der Waals surface area contributed by atoms with Gasteiger partial charge in [-0.2, -0.15) is 4.57 Å². The number of nitrogens with one attached hydrogen (secondary N) is 1. The number of aromatic nitrogens is 1. The van der Waals surface area contributed by atoms with Crippen molar-refractivity contribution in [2.75, 3.05) is 36.4 Å². The number of aryl methyl sites for hydroxylation is 1. The van der Waals surface area contributed by atoms with Crippen molar-refractivity contribution in [2.45, 2.75) is 44.4 Å². The van der Waals surface area contributed by atoms with Gasteiger partial charge in [0.15, 0.2) is 0 Å². The lowest BCUT2D eigenvalue weighted by Crippen LogP contribution is -2.36. The van der Waals surface area contributed by atoms with Crippen LogP contribution in [0.4, 0.5) is 11.5 Å². The smallest absolute Gasteiger partial charge is 0.280 e. The maximum Gasteiger partial charge on any atom is 0.280 e. The van der Waals surface area contributed by atoms with Crippen molar-refractivity contribution < 1.29 is 9.14 Å². The van der Waals surface area contributed by atoms with Gasteiger partial charge in [0, 0.05) is 36.2 Å². The number of rotatable bonds is 9. The molecule has 0 atom stereocenters. The first-order valence-corrected chi connectivity index (χ1v) is 15.4. The van der Waals surface area contributed by atoms with Crippen LogP contribution >= 0.6 is 11.8 Å². The number of hydrogen-bond acceptors (Lipinski definition) is 3. The number of amidine groups is 1. The number of fused-ring (bicyclic) bond motifs is 1. The molecule has 6 rings (SSSR count). The first-order chi connectivity index (χ1) is 19.6. The van der Waals surface area contributed by atoms with Gasteiger partial charge in [-0.1, -0.05) is 67.2 Å². The minimum absolute atomic E-state index is 0.865. The van der Waals surface area contributed by atoms with Gasteiger partial charge in [0.05, 0.1) is 30.4 Å². The van der Waals surface area contributed by atoms with E-state index in [1.54, 1.807) is 0 Å². The maximum atomic E-state index is 6.15. The summed E-state index contributed by atoms with van der Waals surface area (Å²) in [5.74, 6) is 2.00. The number of pyridine rings is 1. The van der Waals surface area contributed by atoms with Gasteiger partial charge >= 0.3 is 0 Å². The number of para-hydroxylation sites is 3. The van der Waals surface area contributed by atoms with Crippen molar-refractivity contribution in [3.8, 4) is 5.69 Å². The van der Waals surface area contributed by atoms with Crippen LogP contribution in [0.25, 0.3) is 22.7 Å². The van der Waals surface area contributed by atoms with Crippen molar-refractivity contribution in [2.24, 2.45) is 5.73 Å². The molecule has 0 fully saturated rings. The van der Waals surface area contributed by atoms with E-state index in [4.69, 9.17) is 5.73 Å². The van der Waals surface area contributed by atoms with Gasteiger partial charge in [-0.25, -0.2) is 0 Å². The molecule has 0 aliphatic carbocycles. The average molecular weight is 550 g/mol. The second-order valence-electron chi connectivity index (χ2n) is 10.7. The molecule has 5 nitrogen and oxygen atoms in total.